The summed E-state index contributed by atoms with van der Waals surface area (Å²) in [4.78, 5) is 17.9. The summed E-state index contributed by atoms with van der Waals surface area (Å²) in [7, 11) is 0. The van der Waals surface area contributed by atoms with Crippen LogP contribution in [-0.4, -0.2) is 27.7 Å². The lowest BCUT2D eigenvalue weighted by molar-refractivity contribution is -0.139. The predicted molar refractivity (Wildman–Crippen MR) is 65.6 cm³/mol. The molecule has 8 heteroatoms. The van der Waals surface area contributed by atoms with Crippen LogP contribution in [0.2, 0.25) is 0 Å². The number of alkyl halides is 3. The second-order valence-electron chi connectivity index (χ2n) is 3.97. The molecule has 1 aromatic carbocycles. The van der Waals surface area contributed by atoms with Crippen LogP contribution in [0.1, 0.15) is 5.56 Å². The largest absolute Gasteiger partial charge is 0.479 e. The van der Waals surface area contributed by atoms with Gasteiger partial charge in [0.05, 0.1) is 18.0 Å². The molecule has 0 saturated carbocycles. The fourth-order valence-electron chi connectivity index (χ4n) is 1.60. The average molecular weight is 298 g/mol. The Morgan fingerprint density at radius 1 is 1.19 bits per heavy atom. The number of hydrogen-bond donors (Lipinski definition) is 1. The first kappa shape index (κ1) is 14.8. The maximum absolute atomic E-state index is 12.9. The van der Waals surface area contributed by atoms with Crippen LogP contribution in [0.15, 0.2) is 36.7 Å². The quantitative estimate of drug-likeness (QED) is 0.939. The highest BCUT2D eigenvalue weighted by Gasteiger charge is 2.33. The average Bonchev–Trinajstić information content (AvgIpc) is 2.45. The van der Waals surface area contributed by atoms with E-state index in [-0.39, 0.29) is 17.1 Å². The van der Waals surface area contributed by atoms with Gasteiger partial charge in [-0.05, 0) is 6.07 Å². The Kier molecular flexibility index (Phi) is 4.06. The molecule has 1 heterocycles. The van der Waals surface area contributed by atoms with E-state index >= 15 is 0 Å². The standard InChI is InChI=1S/C13H9F3N2O3/c14-13(15,16)10-4-2-1-3-9(10)12-17-5-8(6-18-12)21-7-11(19)20/h1-6H,7H2,(H,19,20). The third-order valence-electron chi connectivity index (χ3n) is 2.46. The van der Waals surface area contributed by atoms with Gasteiger partial charge in [-0.25, -0.2) is 14.8 Å². The number of carboxylic acid groups (broad SMARTS) is 1. The maximum atomic E-state index is 12.9. The van der Waals surface area contributed by atoms with Gasteiger partial charge in [0.1, 0.15) is 0 Å². The van der Waals surface area contributed by atoms with Crippen LogP contribution >= 0.6 is 0 Å². The molecule has 5 nitrogen and oxygen atoms in total. The van der Waals surface area contributed by atoms with Crippen molar-refractivity contribution < 1.29 is 27.8 Å². The number of benzene rings is 1. The Balaban J connectivity index is 2.29. The van der Waals surface area contributed by atoms with Gasteiger partial charge in [-0.1, -0.05) is 18.2 Å². The van der Waals surface area contributed by atoms with Crippen LogP contribution in [0.3, 0.4) is 0 Å². The number of carbonyl (C=O) groups is 1. The second kappa shape index (κ2) is 5.78. The van der Waals surface area contributed by atoms with E-state index in [1.165, 1.54) is 18.2 Å². The van der Waals surface area contributed by atoms with E-state index in [1.54, 1.807) is 0 Å². The maximum Gasteiger partial charge on any atom is 0.417 e. The normalized spacial score (nSPS) is 11.2. The molecule has 0 bridgehead atoms. The van der Waals surface area contributed by atoms with Gasteiger partial charge in [-0.3, -0.25) is 0 Å². The molecule has 0 aliphatic carbocycles. The molecule has 1 N–H and O–H groups in total. The molecule has 0 atom stereocenters. The van der Waals surface area contributed by atoms with E-state index in [4.69, 9.17) is 9.84 Å². The van der Waals surface area contributed by atoms with Crippen molar-refractivity contribution in [2.75, 3.05) is 6.61 Å². The lowest BCUT2D eigenvalue weighted by atomic mass is 10.1. The SMILES string of the molecule is O=C(O)COc1cnc(-c2ccccc2C(F)(F)F)nc1. The number of halogens is 3. The van der Waals surface area contributed by atoms with Crippen LogP contribution in [0.25, 0.3) is 11.4 Å². The Morgan fingerprint density at radius 2 is 1.81 bits per heavy atom. The van der Waals surface area contributed by atoms with Crippen LogP contribution < -0.4 is 4.74 Å². The molecule has 0 aliphatic heterocycles. The molecule has 0 fully saturated rings. The summed E-state index contributed by atoms with van der Waals surface area (Å²) in [5, 5.41) is 8.44. The van der Waals surface area contributed by atoms with Crippen molar-refractivity contribution >= 4 is 5.97 Å². The Hall–Kier alpha value is -2.64. The summed E-state index contributed by atoms with van der Waals surface area (Å²) in [6, 6.07) is 4.92. The lowest BCUT2D eigenvalue weighted by Crippen LogP contribution is -2.10. The summed E-state index contributed by atoms with van der Waals surface area (Å²) in [5.74, 6) is -1.24. The second-order valence-corrected chi connectivity index (χ2v) is 3.97. The molecule has 0 radical (unpaired) electrons. The van der Waals surface area contributed by atoms with Crippen molar-refractivity contribution in [1.82, 2.24) is 9.97 Å². The van der Waals surface area contributed by atoms with E-state index in [2.05, 4.69) is 9.97 Å². The monoisotopic (exact) mass is 298 g/mol. The molecule has 110 valence electrons. The molecule has 2 rings (SSSR count). The van der Waals surface area contributed by atoms with Crippen molar-refractivity contribution in [3.8, 4) is 17.1 Å². The number of rotatable bonds is 4. The van der Waals surface area contributed by atoms with Gasteiger partial charge in [0, 0.05) is 5.56 Å². The van der Waals surface area contributed by atoms with Crippen molar-refractivity contribution in [2.24, 2.45) is 0 Å². The Morgan fingerprint density at radius 3 is 2.38 bits per heavy atom. The van der Waals surface area contributed by atoms with Crippen molar-refractivity contribution in [3.05, 3.63) is 42.2 Å². The minimum Gasteiger partial charge on any atom is -0.479 e. The summed E-state index contributed by atoms with van der Waals surface area (Å²) in [6.45, 7) is -0.582. The van der Waals surface area contributed by atoms with Crippen molar-refractivity contribution in [3.63, 3.8) is 0 Å². The molecule has 0 saturated heterocycles. The fraction of sp³-hybridized carbons (Fsp3) is 0.154. The minimum atomic E-state index is -4.52. The van der Waals surface area contributed by atoms with Crippen molar-refractivity contribution in [2.45, 2.75) is 6.18 Å². The number of hydrogen-bond acceptors (Lipinski definition) is 4. The van der Waals surface area contributed by atoms with Gasteiger partial charge in [0.2, 0.25) is 0 Å². The number of aliphatic carboxylic acids is 1. The third kappa shape index (κ3) is 3.68. The number of ether oxygens (including phenoxy) is 1. The van der Waals surface area contributed by atoms with Crippen LogP contribution in [0, 0.1) is 0 Å². The molecule has 0 aliphatic rings. The highest BCUT2D eigenvalue weighted by atomic mass is 19.4. The molecular weight excluding hydrogens is 289 g/mol. The van der Waals surface area contributed by atoms with E-state index in [9.17, 15) is 18.0 Å². The minimum absolute atomic E-state index is 0.0608. The Bertz CT molecular complexity index is 642. The highest BCUT2D eigenvalue weighted by molar-refractivity contribution is 5.68. The zero-order chi connectivity index (χ0) is 15.5. The van der Waals surface area contributed by atoms with Gasteiger partial charge < -0.3 is 9.84 Å². The van der Waals surface area contributed by atoms with Gasteiger partial charge in [-0.15, -0.1) is 0 Å². The zero-order valence-corrected chi connectivity index (χ0v) is 10.5. The Labute approximate surface area is 117 Å². The fourth-order valence-corrected chi connectivity index (χ4v) is 1.60. The van der Waals surface area contributed by atoms with E-state index in [0.717, 1.165) is 18.5 Å². The first-order valence-corrected chi connectivity index (χ1v) is 5.71. The third-order valence-corrected chi connectivity index (χ3v) is 2.46. The smallest absolute Gasteiger partial charge is 0.417 e. The molecule has 2 aromatic rings. The topological polar surface area (TPSA) is 72.3 Å². The van der Waals surface area contributed by atoms with Crippen LogP contribution in [0.5, 0.6) is 5.75 Å². The molecule has 21 heavy (non-hydrogen) atoms. The summed E-state index contributed by atoms with van der Waals surface area (Å²) in [5.41, 5.74) is -1.00. The predicted octanol–water partition coefficient (Wildman–Crippen LogP) is 2.63. The van der Waals surface area contributed by atoms with Gasteiger partial charge >= 0.3 is 12.1 Å². The van der Waals surface area contributed by atoms with E-state index in [0.29, 0.717) is 0 Å². The molecule has 1 aromatic heterocycles. The summed E-state index contributed by atoms with van der Waals surface area (Å²) < 4.78 is 43.4. The first-order valence-electron chi connectivity index (χ1n) is 5.71. The van der Waals surface area contributed by atoms with Gasteiger partial charge in [0.25, 0.3) is 0 Å². The van der Waals surface area contributed by atoms with E-state index in [1.807, 2.05) is 0 Å². The van der Waals surface area contributed by atoms with Crippen LogP contribution in [-0.2, 0) is 11.0 Å². The van der Waals surface area contributed by atoms with Gasteiger partial charge in [-0.2, -0.15) is 13.2 Å². The molecule has 0 amide bonds. The van der Waals surface area contributed by atoms with Crippen LogP contribution in [0.4, 0.5) is 13.2 Å². The lowest BCUT2D eigenvalue weighted by Gasteiger charge is -2.11. The highest BCUT2D eigenvalue weighted by Crippen LogP contribution is 2.35. The summed E-state index contributed by atoms with van der Waals surface area (Å²) in [6.07, 6.45) is -2.27. The first-order chi connectivity index (χ1) is 9.88. The molecule has 0 unspecified atom stereocenters. The van der Waals surface area contributed by atoms with E-state index < -0.39 is 24.3 Å². The number of aromatic nitrogens is 2. The molecule has 0 spiro atoms. The zero-order valence-electron chi connectivity index (χ0n) is 10.5. The number of carboxylic acids is 1. The number of nitrogens with zero attached hydrogens (tertiary/aromatic N) is 2. The summed E-state index contributed by atoms with van der Waals surface area (Å²) >= 11 is 0. The molecular formula is C13H9F3N2O3. The van der Waals surface area contributed by atoms with Gasteiger partial charge in [0.15, 0.2) is 18.2 Å². The van der Waals surface area contributed by atoms with Crippen molar-refractivity contribution in [1.29, 1.82) is 0 Å².